The molecule has 0 aliphatic rings. The van der Waals surface area contributed by atoms with E-state index < -0.39 is 15.5 Å². The van der Waals surface area contributed by atoms with Crippen LogP contribution < -0.4 is 10.2 Å². The van der Waals surface area contributed by atoms with Gasteiger partial charge in [0.15, 0.2) is 4.90 Å². The van der Waals surface area contributed by atoms with Crippen molar-refractivity contribution < 1.29 is 8.42 Å². The van der Waals surface area contributed by atoms with E-state index in [2.05, 4.69) is 14.7 Å². The van der Waals surface area contributed by atoms with Crippen LogP contribution in [0.2, 0.25) is 0 Å². The highest BCUT2D eigenvalue weighted by atomic mass is 32.2. The van der Waals surface area contributed by atoms with Gasteiger partial charge in [-0.25, -0.2) is 8.42 Å². The number of sulfonamides is 1. The number of pyridine rings is 2. The topological polar surface area (TPSA) is 91.9 Å². The van der Waals surface area contributed by atoms with Gasteiger partial charge in [-0.05, 0) is 12.1 Å². The number of rotatable bonds is 3. The second-order valence-electron chi connectivity index (χ2n) is 4.38. The quantitative estimate of drug-likeness (QED) is 0.770. The minimum absolute atomic E-state index is 0.323. The number of hydrogen-bond donors (Lipinski definition) is 2. The number of hydrogen-bond acceptors (Lipinski definition) is 4. The van der Waals surface area contributed by atoms with Crippen molar-refractivity contribution in [3.05, 3.63) is 65.3 Å². The fourth-order valence-electron chi connectivity index (χ4n) is 2.02. The molecule has 0 unspecified atom stereocenters. The molecule has 1 aromatic carbocycles. The number of benzene rings is 1. The Labute approximate surface area is 120 Å². The Bertz CT molecular complexity index is 959. The molecule has 7 heteroatoms. The smallest absolute Gasteiger partial charge is 0.267 e. The van der Waals surface area contributed by atoms with Gasteiger partial charge in [0.25, 0.3) is 10.0 Å². The van der Waals surface area contributed by atoms with Gasteiger partial charge in [0.2, 0.25) is 5.43 Å². The lowest BCUT2D eigenvalue weighted by Gasteiger charge is -2.09. The number of aromatic nitrogens is 2. The number of aromatic amines is 1. The number of nitrogens with one attached hydrogen (secondary N) is 2. The zero-order valence-corrected chi connectivity index (χ0v) is 11.6. The first-order chi connectivity index (χ1) is 10.1. The molecule has 2 N–H and O–H groups in total. The number of H-pyrrole nitrogens is 1. The summed E-state index contributed by atoms with van der Waals surface area (Å²) >= 11 is 0. The lowest BCUT2D eigenvalue weighted by atomic mass is 10.1. The van der Waals surface area contributed by atoms with Crippen LogP contribution >= 0.6 is 0 Å². The van der Waals surface area contributed by atoms with Crippen molar-refractivity contribution >= 4 is 26.5 Å². The Morgan fingerprint density at radius 3 is 2.81 bits per heavy atom. The maximum Gasteiger partial charge on any atom is 0.267 e. The lowest BCUT2D eigenvalue weighted by molar-refractivity contribution is 0.600. The Morgan fingerprint density at radius 1 is 1.14 bits per heavy atom. The van der Waals surface area contributed by atoms with Gasteiger partial charge in [-0.1, -0.05) is 12.1 Å². The normalized spacial score (nSPS) is 11.4. The average Bonchev–Trinajstić information content (AvgIpc) is 2.47. The third kappa shape index (κ3) is 2.50. The highest BCUT2D eigenvalue weighted by Crippen LogP contribution is 2.24. The molecule has 0 radical (unpaired) electrons. The highest BCUT2D eigenvalue weighted by Gasteiger charge is 2.18. The number of anilines is 1. The summed E-state index contributed by atoms with van der Waals surface area (Å²) in [6.07, 6.45) is 5.76. The SMILES string of the molecule is O=c1cc[nH]cc1S(=O)(=O)Nc1cccc2cnccc12. The molecular formula is C14H11N3O3S. The van der Waals surface area contributed by atoms with Gasteiger partial charge >= 0.3 is 0 Å². The van der Waals surface area contributed by atoms with Gasteiger partial charge < -0.3 is 4.98 Å². The molecule has 0 saturated heterocycles. The standard InChI is InChI=1S/C14H11N3O3S/c18-13-5-7-16-9-14(13)21(19,20)17-12-3-1-2-10-8-15-6-4-11(10)12/h1-9,17H,(H,16,18). The van der Waals surface area contributed by atoms with E-state index in [4.69, 9.17) is 0 Å². The van der Waals surface area contributed by atoms with Gasteiger partial charge in [-0.3, -0.25) is 14.5 Å². The van der Waals surface area contributed by atoms with E-state index >= 15 is 0 Å². The van der Waals surface area contributed by atoms with Crippen LogP contribution in [0.15, 0.2) is 64.8 Å². The van der Waals surface area contributed by atoms with E-state index in [0.29, 0.717) is 11.1 Å². The fraction of sp³-hybridized carbons (Fsp3) is 0. The van der Waals surface area contributed by atoms with Crippen molar-refractivity contribution in [1.82, 2.24) is 9.97 Å². The van der Waals surface area contributed by atoms with Crippen molar-refractivity contribution in [3.8, 4) is 0 Å². The van der Waals surface area contributed by atoms with Gasteiger partial charge in [-0.2, -0.15) is 0 Å². The molecule has 0 saturated carbocycles. The molecule has 2 heterocycles. The summed E-state index contributed by atoms with van der Waals surface area (Å²) in [5.74, 6) is 0. The monoisotopic (exact) mass is 301 g/mol. The van der Waals surface area contributed by atoms with E-state index in [9.17, 15) is 13.2 Å². The van der Waals surface area contributed by atoms with Crippen LogP contribution in [0.3, 0.4) is 0 Å². The molecule has 0 aliphatic heterocycles. The van der Waals surface area contributed by atoms with Crippen molar-refractivity contribution in [3.63, 3.8) is 0 Å². The van der Waals surface area contributed by atoms with Crippen molar-refractivity contribution in [2.75, 3.05) is 4.72 Å². The van der Waals surface area contributed by atoms with E-state index in [1.165, 1.54) is 12.3 Å². The Kier molecular flexibility index (Phi) is 3.19. The third-order valence-electron chi connectivity index (χ3n) is 3.00. The maximum atomic E-state index is 12.3. The molecule has 0 aliphatic carbocycles. The molecule has 106 valence electrons. The Balaban J connectivity index is 2.10. The summed E-state index contributed by atoms with van der Waals surface area (Å²) in [5, 5.41) is 1.52. The molecule has 0 fully saturated rings. The van der Waals surface area contributed by atoms with Crippen LogP contribution in [-0.2, 0) is 10.0 Å². The van der Waals surface area contributed by atoms with Crippen LogP contribution in [0.5, 0.6) is 0 Å². The maximum absolute atomic E-state index is 12.3. The van der Waals surface area contributed by atoms with E-state index in [-0.39, 0.29) is 4.90 Å². The lowest BCUT2D eigenvalue weighted by Crippen LogP contribution is -2.21. The third-order valence-corrected chi connectivity index (χ3v) is 4.39. The van der Waals surface area contributed by atoms with E-state index in [1.807, 2.05) is 6.07 Å². The van der Waals surface area contributed by atoms with Crippen molar-refractivity contribution in [1.29, 1.82) is 0 Å². The summed E-state index contributed by atoms with van der Waals surface area (Å²) in [5.41, 5.74) is -0.165. The molecule has 6 nitrogen and oxygen atoms in total. The molecule has 3 rings (SSSR count). The van der Waals surface area contributed by atoms with Gasteiger partial charge in [0.1, 0.15) is 0 Å². The molecule has 0 atom stereocenters. The van der Waals surface area contributed by atoms with Crippen LogP contribution in [0.25, 0.3) is 10.8 Å². The molecule has 21 heavy (non-hydrogen) atoms. The number of nitrogens with zero attached hydrogens (tertiary/aromatic N) is 1. The van der Waals surface area contributed by atoms with Gasteiger partial charge in [0.05, 0.1) is 5.69 Å². The predicted octanol–water partition coefficient (Wildman–Crippen LogP) is 1.72. The number of fused-ring (bicyclic) bond motifs is 1. The summed E-state index contributed by atoms with van der Waals surface area (Å²) in [4.78, 5) is 17.9. The summed E-state index contributed by atoms with van der Waals surface area (Å²) in [7, 11) is -3.95. The average molecular weight is 301 g/mol. The van der Waals surface area contributed by atoms with Crippen LogP contribution in [-0.4, -0.2) is 18.4 Å². The summed E-state index contributed by atoms with van der Waals surface area (Å²) in [6, 6.07) is 8.06. The van der Waals surface area contributed by atoms with Crippen LogP contribution in [0.1, 0.15) is 0 Å². The molecular weight excluding hydrogens is 290 g/mol. The second kappa shape index (κ2) is 5.02. The molecule has 0 bridgehead atoms. The fourth-order valence-corrected chi connectivity index (χ4v) is 3.16. The first-order valence-corrected chi connectivity index (χ1v) is 7.59. The van der Waals surface area contributed by atoms with Crippen LogP contribution in [0.4, 0.5) is 5.69 Å². The van der Waals surface area contributed by atoms with Crippen molar-refractivity contribution in [2.45, 2.75) is 4.90 Å². The van der Waals surface area contributed by atoms with E-state index in [0.717, 1.165) is 11.6 Å². The largest absolute Gasteiger partial charge is 0.366 e. The Morgan fingerprint density at radius 2 is 2.00 bits per heavy atom. The zero-order chi connectivity index (χ0) is 14.9. The molecule has 0 spiro atoms. The minimum atomic E-state index is -3.95. The molecule has 3 aromatic rings. The second-order valence-corrected chi connectivity index (χ2v) is 6.03. The minimum Gasteiger partial charge on any atom is -0.366 e. The Hall–Kier alpha value is -2.67. The summed E-state index contributed by atoms with van der Waals surface area (Å²) in [6.45, 7) is 0. The van der Waals surface area contributed by atoms with E-state index in [1.54, 1.807) is 30.6 Å². The first-order valence-electron chi connectivity index (χ1n) is 6.10. The van der Waals surface area contributed by atoms with Crippen molar-refractivity contribution in [2.24, 2.45) is 0 Å². The summed E-state index contributed by atoms with van der Waals surface area (Å²) < 4.78 is 27.1. The predicted molar refractivity (Wildman–Crippen MR) is 79.6 cm³/mol. The van der Waals surface area contributed by atoms with Gasteiger partial charge in [-0.15, -0.1) is 0 Å². The highest BCUT2D eigenvalue weighted by molar-refractivity contribution is 7.92. The first kappa shape index (κ1) is 13.3. The zero-order valence-electron chi connectivity index (χ0n) is 10.8. The molecule has 2 aromatic heterocycles. The van der Waals surface area contributed by atoms with Gasteiger partial charge in [0, 0.05) is 41.6 Å². The molecule has 0 amide bonds. The van der Waals surface area contributed by atoms with Crippen LogP contribution in [0, 0.1) is 0 Å².